The van der Waals surface area contributed by atoms with Crippen molar-refractivity contribution in [1.82, 2.24) is 9.55 Å². The number of hydrogen-bond donors (Lipinski definition) is 4. The Morgan fingerprint density at radius 3 is 2.60 bits per heavy atom. The third-order valence-electron chi connectivity index (χ3n) is 3.99. The largest absolute Gasteiger partial charge is 0.394 e. The fourth-order valence-electron chi connectivity index (χ4n) is 2.68. The Morgan fingerprint density at radius 1 is 1.28 bits per heavy atom. The number of imidazole rings is 1. The minimum Gasteiger partial charge on any atom is -0.394 e. The highest BCUT2D eigenvalue weighted by Crippen LogP contribution is 2.35. The van der Waals surface area contributed by atoms with Gasteiger partial charge in [-0.05, 0) is 5.56 Å². The first-order valence-electron chi connectivity index (χ1n) is 7.68. The molecule has 3 rings (SSSR count). The van der Waals surface area contributed by atoms with Crippen molar-refractivity contribution in [1.29, 1.82) is 0 Å². The molecule has 1 aromatic carbocycles. The summed E-state index contributed by atoms with van der Waals surface area (Å²) in [6, 6.07) is 9.63. The summed E-state index contributed by atoms with van der Waals surface area (Å²) in [4.78, 5) is 15.7. The smallest absolute Gasteiger partial charge is 0.270 e. The molecule has 1 aliphatic heterocycles. The number of carbonyl (C=O) groups excluding carboxylic acids is 1. The average Bonchev–Trinajstić information content (AvgIpc) is 3.16. The average molecular weight is 365 g/mol. The predicted octanol–water partition coefficient (Wildman–Crippen LogP) is -0.114. The number of amides is 1. The number of aliphatic hydroxyl groups is 3. The van der Waals surface area contributed by atoms with Crippen molar-refractivity contribution in [3.8, 4) is 0 Å². The normalized spacial score (nSPS) is 26.0. The maximum absolute atomic E-state index is 11.7. The summed E-state index contributed by atoms with van der Waals surface area (Å²) < 4.78 is 6.98. The Morgan fingerprint density at radius 2 is 2.00 bits per heavy atom. The molecule has 1 unspecified atom stereocenters. The molecule has 0 radical (unpaired) electrons. The lowest BCUT2D eigenvalue weighted by molar-refractivity contribution is -0.0563. The van der Waals surface area contributed by atoms with Crippen molar-refractivity contribution >= 4 is 17.7 Å². The third kappa shape index (κ3) is 3.55. The van der Waals surface area contributed by atoms with Gasteiger partial charge in [0, 0.05) is 5.75 Å². The molecule has 1 fully saturated rings. The molecule has 0 spiro atoms. The Balaban J connectivity index is 1.88. The number of carbonyl (C=O) groups is 1. The van der Waals surface area contributed by atoms with Gasteiger partial charge < -0.3 is 25.8 Å². The number of nitrogens with two attached hydrogens (primary N) is 1. The molecular formula is C16H19N3O5S. The second-order valence-corrected chi connectivity index (χ2v) is 6.64. The molecule has 134 valence electrons. The first-order chi connectivity index (χ1) is 12.0. The van der Waals surface area contributed by atoms with Gasteiger partial charge in [-0.15, -0.1) is 11.8 Å². The molecule has 1 saturated heterocycles. The molecule has 2 heterocycles. The van der Waals surface area contributed by atoms with E-state index in [1.807, 2.05) is 30.3 Å². The van der Waals surface area contributed by atoms with Crippen LogP contribution < -0.4 is 5.73 Å². The van der Waals surface area contributed by atoms with Crippen LogP contribution in [0.5, 0.6) is 0 Å². The molecule has 25 heavy (non-hydrogen) atoms. The van der Waals surface area contributed by atoms with Gasteiger partial charge in [0.2, 0.25) is 0 Å². The molecule has 5 N–H and O–H groups in total. The quantitative estimate of drug-likeness (QED) is 0.525. The molecule has 4 atom stereocenters. The Hall–Kier alpha value is -1.91. The lowest BCUT2D eigenvalue weighted by Gasteiger charge is -2.19. The molecule has 0 saturated carbocycles. The summed E-state index contributed by atoms with van der Waals surface area (Å²) in [5, 5.41) is 29.8. The van der Waals surface area contributed by atoms with Crippen molar-refractivity contribution in [3.05, 3.63) is 47.9 Å². The highest BCUT2D eigenvalue weighted by Gasteiger charge is 2.44. The molecule has 1 aliphatic rings. The first-order valence-corrected chi connectivity index (χ1v) is 8.67. The molecule has 0 bridgehead atoms. The minimum absolute atomic E-state index is 0.0682. The van der Waals surface area contributed by atoms with Crippen LogP contribution in [0, 0.1) is 0 Å². The van der Waals surface area contributed by atoms with E-state index in [0.717, 1.165) is 5.56 Å². The van der Waals surface area contributed by atoms with E-state index >= 15 is 0 Å². The van der Waals surface area contributed by atoms with E-state index in [9.17, 15) is 20.1 Å². The van der Waals surface area contributed by atoms with Crippen molar-refractivity contribution in [2.24, 2.45) is 5.73 Å². The van der Waals surface area contributed by atoms with Gasteiger partial charge in [-0.2, -0.15) is 0 Å². The van der Waals surface area contributed by atoms with Crippen LogP contribution >= 0.6 is 11.8 Å². The van der Waals surface area contributed by atoms with Crippen LogP contribution in [0.2, 0.25) is 0 Å². The zero-order chi connectivity index (χ0) is 18.0. The number of ether oxygens (including phenoxy) is 1. The standard InChI is InChI=1S/C16H19N3O5S/c17-14(23)11-16(25-7-9-4-2-1-3-5-9)19(8-18-11)15-13(22)12(21)10(6-20)24-15/h1-5,8,10,12-13,15,20-22H,6-7H2,(H2,17,23)/t10-,12-,13-,15?/m1/s1. The second-order valence-electron chi connectivity index (χ2n) is 5.67. The van der Waals surface area contributed by atoms with Gasteiger partial charge in [-0.25, -0.2) is 4.98 Å². The van der Waals surface area contributed by atoms with E-state index < -0.39 is 37.1 Å². The summed E-state index contributed by atoms with van der Waals surface area (Å²) in [5.41, 5.74) is 6.50. The first kappa shape index (κ1) is 17.9. The monoisotopic (exact) mass is 365 g/mol. The minimum atomic E-state index is -1.26. The van der Waals surface area contributed by atoms with E-state index in [1.54, 1.807) is 0 Å². The summed E-state index contributed by atoms with van der Waals surface area (Å²) in [6.45, 7) is -0.432. The topological polar surface area (TPSA) is 131 Å². The van der Waals surface area contributed by atoms with E-state index in [1.165, 1.54) is 22.7 Å². The Kier molecular flexibility index (Phi) is 5.40. The summed E-state index contributed by atoms with van der Waals surface area (Å²) in [7, 11) is 0. The fourth-order valence-corrected chi connectivity index (χ4v) is 3.76. The van der Waals surface area contributed by atoms with Crippen LogP contribution in [0.1, 0.15) is 22.3 Å². The van der Waals surface area contributed by atoms with Crippen LogP contribution in [-0.4, -0.2) is 55.7 Å². The zero-order valence-electron chi connectivity index (χ0n) is 13.2. The number of primary amides is 1. The summed E-state index contributed by atoms with van der Waals surface area (Å²) >= 11 is 1.33. The van der Waals surface area contributed by atoms with Gasteiger partial charge in [0.1, 0.15) is 23.3 Å². The highest BCUT2D eigenvalue weighted by atomic mass is 32.2. The van der Waals surface area contributed by atoms with Gasteiger partial charge >= 0.3 is 0 Å². The van der Waals surface area contributed by atoms with Gasteiger partial charge in [-0.3, -0.25) is 9.36 Å². The zero-order valence-corrected chi connectivity index (χ0v) is 14.0. The summed E-state index contributed by atoms with van der Waals surface area (Å²) in [5.74, 6) is -0.136. The number of aliphatic hydroxyl groups excluding tert-OH is 3. The van der Waals surface area contributed by atoms with E-state index in [2.05, 4.69) is 4.98 Å². The number of rotatable bonds is 6. The third-order valence-corrected chi connectivity index (χ3v) is 5.15. The van der Waals surface area contributed by atoms with Crippen LogP contribution in [0.4, 0.5) is 0 Å². The molecule has 1 amide bonds. The second kappa shape index (κ2) is 7.54. The van der Waals surface area contributed by atoms with Crippen LogP contribution in [-0.2, 0) is 10.5 Å². The molecule has 9 heteroatoms. The lowest BCUT2D eigenvalue weighted by Crippen LogP contribution is -2.33. The molecule has 1 aromatic heterocycles. The van der Waals surface area contributed by atoms with Gasteiger partial charge in [0.25, 0.3) is 5.91 Å². The highest BCUT2D eigenvalue weighted by molar-refractivity contribution is 7.98. The van der Waals surface area contributed by atoms with Gasteiger partial charge in [0.05, 0.1) is 12.9 Å². The van der Waals surface area contributed by atoms with Gasteiger partial charge in [-0.1, -0.05) is 30.3 Å². The fraction of sp³-hybridized carbons (Fsp3) is 0.375. The van der Waals surface area contributed by atoms with Crippen LogP contribution in [0.15, 0.2) is 41.7 Å². The van der Waals surface area contributed by atoms with E-state index in [-0.39, 0.29) is 5.69 Å². The molecular weight excluding hydrogens is 346 g/mol. The Bertz CT molecular complexity index is 739. The van der Waals surface area contributed by atoms with E-state index in [4.69, 9.17) is 10.5 Å². The lowest BCUT2D eigenvalue weighted by atomic mass is 10.1. The van der Waals surface area contributed by atoms with Crippen LogP contribution in [0.25, 0.3) is 0 Å². The van der Waals surface area contributed by atoms with Crippen LogP contribution in [0.3, 0.4) is 0 Å². The molecule has 8 nitrogen and oxygen atoms in total. The number of hydrogen-bond acceptors (Lipinski definition) is 7. The van der Waals surface area contributed by atoms with Crippen molar-refractivity contribution in [2.45, 2.75) is 35.3 Å². The SMILES string of the molecule is NC(=O)c1ncn(C2O[C@H](CO)[C@@H](O)[C@H]2O)c1SCc1ccccc1. The summed E-state index contributed by atoms with van der Waals surface area (Å²) in [6.07, 6.45) is -3.03. The molecule has 2 aromatic rings. The maximum atomic E-state index is 11.7. The predicted molar refractivity (Wildman–Crippen MR) is 89.8 cm³/mol. The number of thioether (sulfide) groups is 1. The van der Waals surface area contributed by atoms with Crippen molar-refractivity contribution < 1.29 is 24.9 Å². The number of benzene rings is 1. The molecule has 0 aliphatic carbocycles. The van der Waals surface area contributed by atoms with Crippen molar-refractivity contribution in [2.75, 3.05) is 6.61 Å². The van der Waals surface area contributed by atoms with Crippen molar-refractivity contribution in [3.63, 3.8) is 0 Å². The Labute approximate surface area is 148 Å². The maximum Gasteiger partial charge on any atom is 0.270 e. The van der Waals surface area contributed by atoms with E-state index in [0.29, 0.717) is 10.8 Å². The van der Waals surface area contributed by atoms with Gasteiger partial charge in [0.15, 0.2) is 11.9 Å². The number of nitrogens with zero attached hydrogens (tertiary/aromatic N) is 2. The number of aromatic nitrogens is 2.